The van der Waals surface area contributed by atoms with E-state index >= 15 is 0 Å². The lowest BCUT2D eigenvalue weighted by molar-refractivity contribution is 0.102. The van der Waals surface area contributed by atoms with Crippen LogP contribution in [0.15, 0.2) is 52.7 Å². The molecule has 2 aliphatic rings. The molecule has 3 heterocycles. The van der Waals surface area contributed by atoms with E-state index in [-0.39, 0.29) is 15.5 Å². The fraction of sp³-hybridized carbons (Fsp3) is 0.333. The molecule has 10 heteroatoms. The van der Waals surface area contributed by atoms with E-state index < -0.39 is 15.9 Å². The Morgan fingerprint density at radius 2 is 1.88 bits per heavy atom. The highest BCUT2D eigenvalue weighted by Crippen LogP contribution is 2.35. The molecule has 34 heavy (non-hydrogen) atoms. The van der Waals surface area contributed by atoms with E-state index in [1.54, 1.807) is 6.07 Å². The number of nitrogens with zero attached hydrogens (tertiary/aromatic N) is 3. The van der Waals surface area contributed by atoms with Crippen LogP contribution in [0.25, 0.3) is 0 Å². The number of sulfonamides is 1. The number of amides is 1. The zero-order valence-corrected chi connectivity index (χ0v) is 20.9. The van der Waals surface area contributed by atoms with Crippen LogP contribution in [0.1, 0.15) is 40.9 Å². The molecule has 1 fully saturated rings. The Labute approximate surface area is 208 Å². The molecular formula is C24H25ClN4O3S2. The lowest BCUT2D eigenvalue weighted by Crippen LogP contribution is -2.29. The number of para-hydroxylation sites is 1. The highest BCUT2D eigenvalue weighted by atomic mass is 35.5. The van der Waals surface area contributed by atoms with Gasteiger partial charge in [-0.15, -0.1) is 11.3 Å². The van der Waals surface area contributed by atoms with E-state index in [2.05, 4.69) is 15.2 Å². The number of carbonyl (C=O) groups is 1. The topological polar surface area (TPSA) is 82.6 Å². The minimum Gasteiger partial charge on any atom is -0.298 e. The van der Waals surface area contributed by atoms with Crippen LogP contribution in [-0.2, 0) is 23.0 Å². The fourth-order valence-electron chi connectivity index (χ4n) is 4.47. The van der Waals surface area contributed by atoms with Crippen LogP contribution in [0.2, 0.25) is 5.02 Å². The number of carbonyl (C=O) groups excluding carboxylic acids is 1. The number of rotatable bonds is 6. The first kappa shape index (κ1) is 23.3. The molecule has 1 aromatic heterocycles. The molecule has 1 N–H and O–H groups in total. The molecule has 1 saturated heterocycles. The lowest BCUT2D eigenvalue weighted by Gasteiger charge is -2.25. The average Bonchev–Trinajstić information content (AvgIpc) is 3.47. The van der Waals surface area contributed by atoms with Gasteiger partial charge in [-0.05, 0) is 62.2 Å². The van der Waals surface area contributed by atoms with Gasteiger partial charge in [-0.2, -0.15) is 0 Å². The van der Waals surface area contributed by atoms with Crippen molar-refractivity contribution in [3.8, 4) is 0 Å². The molecule has 1 amide bonds. The number of halogens is 1. The molecule has 0 bridgehead atoms. The van der Waals surface area contributed by atoms with E-state index in [0.717, 1.165) is 30.9 Å². The van der Waals surface area contributed by atoms with Gasteiger partial charge in [-0.1, -0.05) is 36.2 Å². The van der Waals surface area contributed by atoms with Gasteiger partial charge < -0.3 is 0 Å². The maximum absolute atomic E-state index is 13.4. The Hall–Kier alpha value is -2.46. The first-order valence-corrected chi connectivity index (χ1v) is 14.0. The minimum absolute atomic E-state index is 0.0801. The number of piperidine rings is 1. The summed E-state index contributed by atoms with van der Waals surface area (Å²) >= 11 is 7.66. The summed E-state index contributed by atoms with van der Waals surface area (Å²) in [5.41, 5.74) is 2.76. The second-order valence-corrected chi connectivity index (χ2v) is 11.6. The zero-order chi connectivity index (χ0) is 23.7. The standard InChI is InChI=1S/C24H25ClN4O3S2/c25-20-9-8-18(14-22(20)34(31,32)29-13-10-17-6-2-3-7-21(17)29)23(30)27-24-26-19(16-33-24)15-28-11-4-1-5-12-28/h2-3,6-9,14,16H,1,4-5,10-13,15H2,(H,26,27,30). The Morgan fingerprint density at radius 1 is 1.09 bits per heavy atom. The molecule has 0 spiro atoms. The summed E-state index contributed by atoms with van der Waals surface area (Å²) in [6.45, 7) is 3.26. The molecule has 7 nitrogen and oxygen atoms in total. The van der Waals surface area contributed by atoms with Crippen molar-refractivity contribution >= 4 is 49.7 Å². The molecule has 2 aliphatic heterocycles. The third-order valence-electron chi connectivity index (χ3n) is 6.21. The van der Waals surface area contributed by atoms with Crippen molar-refractivity contribution in [3.05, 3.63) is 69.7 Å². The summed E-state index contributed by atoms with van der Waals surface area (Å²) in [4.78, 5) is 19.7. The largest absolute Gasteiger partial charge is 0.298 e. The van der Waals surface area contributed by atoms with E-state index in [4.69, 9.17) is 11.6 Å². The minimum atomic E-state index is -3.92. The summed E-state index contributed by atoms with van der Waals surface area (Å²) in [6.07, 6.45) is 4.33. The fourth-order valence-corrected chi connectivity index (χ4v) is 7.17. The first-order chi connectivity index (χ1) is 16.4. The third kappa shape index (κ3) is 4.70. The van der Waals surface area contributed by atoms with Crippen LogP contribution in [0.3, 0.4) is 0 Å². The van der Waals surface area contributed by atoms with Crippen molar-refractivity contribution in [1.29, 1.82) is 0 Å². The number of fused-ring (bicyclic) bond motifs is 1. The average molecular weight is 517 g/mol. The molecule has 0 unspecified atom stereocenters. The smallest absolute Gasteiger partial charge is 0.265 e. The van der Waals surface area contributed by atoms with Gasteiger partial charge >= 0.3 is 0 Å². The summed E-state index contributed by atoms with van der Waals surface area (Å²) in [7, 11) is -3.92. The van der Waals surface area contributed by atoms with E-state index in [1.165, 1.54) is 53.1 Å². The Bertz CT molecular complexity index is 1320. The van der Waals surface area contributed by atoms with Crippen LogP contribution in [-0.4, -0.2) is 43.8 Å². The van der Waals surface area contributed by atoms with Gasteiger partial charge in [0.25, 0.3) is 15.9 Å². The first-order valence-electron chi connectivity index (χ1n) is 11.3. The van der Waals surface area contributed by atoms with Gasteiger partial charge in [-0.25, -0.2) is 13.4 Å². The maximum atomic E-state index is 13.4. The normalized spacial score (nSPS) is 16.4. The van der Waals surface area contributed by atoms with Crippen molar-refractivity contribution in [2.24, 2.45) is 0 Å². The van der Waals surface area contributed by atoms with Crippen LogP contribution in [0, 0.1) is 0 Å². The highest BCUT2D eigenvalue weighted by Gasteiger charge is 2.32. The molecule has 5 rings (SSSR count). The molecule has 0 aliphatic carbocycles. The molecule has 0 saturated carbocycles. The monoisotopic (exact) mass is 516 g/mol. The van der Waals surface area contributed by atoms with Gasteiger partial charge in [0.15, 0.2) is 5.13 Å². The molecule has 3 aromatic rings. The SMILES string of the molecule is O=C(Nc1nc(CN2CCCCC2)cs1)c1ccc(Cl)c(S(=O)(=O)N2CCc3ccccc32)c1. The quantitative estimate of drug-likeness (QED) is 0.509. The number of benzene rings is 2. The lowest BCUT2D eigenvalue weighted by atomic mass is 10.1. The molecule has 0 radical (unpaired) electrons. The van der Waals surface area contributed by atoms with Crippen molar-refractivity contribution < 1.29 is 13.2 Å². The summed E-state index contributed by atoms with van der Waals surface area (Å²) in [5.74, 6) is -0.422. The predicted molar refractivity (Wildman–Crippen MR) is 135 cm³/mol. The van der Waals surface area contributed by atoms with Crippen LogP contribution >= 0.6 is 22.9 Å². The number of nitrogens with one attached hydrogen (secondary N) is 1. The predicted octanol–water partition coefficient (Wildman–Crippen LogP) is 4.79. The summed E-state index contributed by atoms with van der Waals surface area (Å²) in [6, 6.07) is 11.7. The van der Waals surface area contributed by atoms with Crippen LogP contribution in [0.4, 0.5) is 10.8 Å². The Kier molecular flexibility index (Phi) is 6.61. The maximum Gasteiger partial charge on any atom is 0.265 e. The third-order valence-corrected chi connectivity index (χ3v) is 9.31. The number of thiazole rings is 1. The number of likely N-dealkylation sites (tertiary alicyclic amines) is 1. The second-order valence-electron chi connectivity index (χ2n) is 8.54. The highest BCUT2D eigenvalue weighted by molar-refractivity contribution is 7.93. The van der Waals surface area contributed by atoms with Gasteiger partial charge in [0.2, 0.25) is 0 Å². The van der Waals surface area contributed by atoms with Gasteiger partial charge in [0.05, 0.1) is 16.4 Å². The molecular weight excluding hydrogens is 492 g/mol. The number of hydrogen-bond acceptors (Lipinski definition) is 6. The Balaban J connectivity index is 1.33. The molecule has 2 aromatic carbocycles. The van der Waals surface area contributed by atoms with Crippen molar-refractivity contribution in [1.82, 2.24) is 9.88 Å². The van der Waals surface area contributed by atoms with E-state index in [1.807, 2.05) is 23.6 Å². The van der Waals surface area contributed by atoms with E-state index in [9.17, 15) is 13.2 Å². The van der Waals surface area contributed by atoms with Gasteiger partial charge in [-0.3, -0.25) is 19.3 Å². The number of anilines is 2. The van der Waals surface area contributed by atoms with Crippen molar-refractivity contribution in [3.63, 3.8) is 0 Å². The zero-order valence-electron chi connectivity index (χ0n) is 18.5. The van der Waals surface area contributed by atoms with Crippen LogP contribution < -0.4 is 9.62 Å². The van der Waals surface area contributed by atoms with Crippen molar-refractivity contribution in [2.45, 2.75) is 37.1 Å². The van der Waals surface area contributed by atoms with E-state index in [0.29, 0.717) is 23.8 Å². The molecule has 0 atom stereocenters. The second kappa shape index (κ2) is 9.65. The van der Waals surface area contributed by atoms with Gasteiger partial charge in [0, 0.05) is 24.0 Å². The molecule has 178 valence electrons. The summed E-state index contributed by atoms with van der Waals surface area (Å²) in [5, 5.41) is 5.32. The Morgan fingerprint density at radius 3 is 2.71 bits per heavy atom. The number of aromatic nitrogens is 1. The number of hydrogen-bond donors (Lipinski definition) is 1. The summed E-state index contributed by atoms with van der Waals surface area (Å²) < 4.78 is 28.2. The van der Waals surface area contributed by atoms with Crippen LogP contribution in [0.5, 0.6) is 0 Å². The van der Waals surface area contributed by atoms with Gasteiger partial charge in [0.1, 0.15) is 4.90 Å². The van der Waals surface area contributed by atoms with Crippen molar-refractivity contribution in [2.75, 3.05) is 29.3 Å².